The first-order chi connectivity index (χ1) is 8.20. The summed E-state index contributed by atoms with van der Waals surface area (Å²) in [4.78, 5) is 12.0. The first-order valence-electron chi connectivity index (χ1n) is 5.35. The van der Waals surface area contributed by atoms with Gasteiger partial charge < -0.3 is 4.74 Å². The number of aromatic nitrogens is 2. The maximum absolute atomic E-state index is 12.0. The molecule has 1 aromatic carbocycles. The van der Waals surface area contributed by atoms with Crippen LogP contribution in [0, 0.1) is 0 Å². The number of carbonyl (C=O) groups is 1. The Labute approximate surface area is 99.8 Å². The van der Waals surface area contributed by atoms with Gasteiger partial charge >= 0.3 is 0 Å². The third kappa shape index (κ3) is 2.53. The molecule has 88 valence electrons. The van der Waals surface area contributed by atoms with Crippen molar-refractivity contribution < 1.29 is 9.53 Å². The van der Waals surface area contributed by atoms with Gasteiger partial charge in [-0.2, -0.15) is 5.10 Å². The zero-order valence-corrected chi connectivity index (χ0v) is 9.88. The zero-order chi connectivity index (χ0) is 12.3. The van der Waals surface area contributed by atoms with Crippen molar-refractivity contribution in [1.82, 2.24) is 9.78 Å². The van der Waals surface area contributed by atoms with Gasteiger partial charge in [0, 0.05) is 25.2 Å². The topological polar surface area (TPSA) is 44.1 Å². The minimum absolute atomic E-state index is 0.00454. The molecule has 0 atom stereocenters. The molecule has 0 bridgehead atoms. The van der Waals surface area contributed by atoms with Gasteiger partial charge in [0.15, 0.2) is 5.78 Å². The molecule has 0 aliphatic rings. The van der Waals surface area contributed by atoms with Gasteiger partial charge in [0.2, 0.25) is 0 Å². The molecule has 0 saturated carbocycles. The van der Waals surface area contributed by atoms with Gasteiger partial charge in [-0.25, -0.2) is 0 Å². The zero-order valence-electron chi connectivity index (χ0n) is 9.88. The predicted molar refractivity (Wildman–Crippen MR) is 64.2 cm³/mol. The van der Waals surface area contributed by atoms with Crippen LogP contribution in [0.1, 0.15) is 16.1 Å². The molecule has 2 rings (SSSR count). The number of nitrogens with zero attached hydrogens (tertiary/aromatic N) is 2. The van der Waals surface area contributed by atoms with Crippen molar-refractivity contribution >= 4 is 5.78 Å². The van der Waals surface area contributed by atoms with Crippen LogP contribution in [0.5, 0.6) is 5.75 Å². The van der Waals surface area contributed by atoms with Gasteiger partial charge in [0.25, 0.3) is 0 Å². The van der Waals surface area contributed by atoms with Gasteiger partial charge in [-0.3, -0.25) is 9.48 Å². The van der Waals surface area contributed by atoms with Crippen molar-refractivity contribution in [1.29, 1.82) is 0 Å². The van der Waals surface area contributed by atoms with Crippen molar-refractivity contribution in [3.8, 4) is 5.75 Å². The standard InChI is InChI=1S/C13H14N2O2/c1-15-8-7-11(14-15)12(16)9-10-5-3-4-6-13(10)17-2/h3-8H,9H2,1-2H3. The smallest absolute Gasteiger partial charge is 0.187 e. The molecule has 4 nitrogen and oxygen atoms in total. The SMILES string of the molecule is COc1ccccc1CC(=O)c1ccn(C)n1. The number of methoxy groups -OCH3 is 1. The fourth-order valence-electron chi connectivity index (χ4n) is 1.68. The maximum atomic E-state index is 12.0. The van der Waals surface area contributed by atoms with Crippen molar-refractivity contribution in [2.45, 2.75) is 6.42 Å². The minimum Gasteiger partial charge on any atom is -0.496 e. The molecular weight excluding hydrogens is 216 g/mol. The molecule has 17 heavy (non-hydrogen) atoms. The van der Waals surface area contributed by atoms with Gasteiger partial charge in [-0.15, -0.1) is 0 Å². The molecule has 0 spiro atoms. The molecule has 1 aromatic heterocycles. The Morgan fingerprint density at radius 1 is 1.35 bits per heavy atom. The quantitative estimate of drug-likeness (QED) is 0.753. The van der Waals surface area contributed by atoms with Gasteiger partial charge in [-0.1, -0.05) is 18.2 Å². The van der Waals surface area contributed by atoms with Crippen LogP contribution in [0.2, 0.25) is 0 Å². The van der Waals surface area contributed by atoms with Crippen LogP contribution < -0.4 is 4.74 Å². The average Bonchev–Trinajstić information content (AvgIpc) is 2.77. The first-order valence-corrected chi connectivity index (χ1v) is 5.35. The summed E-state index contributed by atoms with van der Waals surface area (Å²) in [6, 6.07) is 9.23. The van der Waals surface area contributed by atoms with E-state index in [1.165, 1.54) is 0 Å². The van der Waals surface area contributed by atoms with Crippen LogP contribution in [0.25, 0.3) is 0 Å². The van der Waals surface area contributed by atoms with E-state index in [-0.39, 0.29) is 5.78 Å². The van der Waals surface area contributed by atoms with E-state index in [0.29, 0.717) is 12.1 Å². The normalized spacial score (nSPS) is 10.2. The van der Waals surface area contributed by atoms with Crippen molar-refractivity contribution in [2.75, 3.05) is 7.11 Å². The van der Waals surface area contributed by atoms with E-state index in [4.69, 9.17) is 4.74 Å². The molecule has 0 aliphatic carbocycles. The summed E-state index contributed by atoms with van der Waals surface area (Å²) in [6.07, 6.45) is 2.07. The van der Waals surface area contributed by atoms with E-state index in [1.807, 2.05) is 24.3 Å². The highest BCUT2D eigenvalue weighted by atomic mass is 16.5. The van der Waals surface area contributed by atoms with Crippen LogP contribution in [-0.2, 0) is 13.5 Å². The van der Waals surface area contributed by atoms with E-state index < -0.39 is 0 Å². The lowest BCUT2D eigenvalue weighted by Crippen LogP contribution is -2.06. The van der Waals surface area contributed by atoms with Gasteiger partial charge in [0.05, 0.1) is 7.11 Å². The molecule has 0 amide bonds. The summed E-state index contributed by atoms with van der Waals surface area (Å²) in [5.41, 5.74) is 1.36. The molecule has 0 radical (unpaired) electrons. The molecule has 0 saturated heterocycles. The number of para-hydroxylation sites is 1. The van der Waals surface area contributed by atoms with Gasteiger partial charge in [0.1, 0.15) is 11.4 Å². The number of ketones is 1. The lowest BCUT2D eigenvalue weighted by Gasteiger charge is -2.06. The third-order valence-corrected chi connectivity index (χ3v) is 2.54. The number of Topliss-reactive ketones (excluding diaryl/α,β-unsaturated/α-hetero) is 1. The second kappa shape index (κ2) is 4.82. The summed E-state index contributed by atoms with van der Waals surface area (Å²) < 4.78 is 6.83. The summed E-state index contributed by atoms with van der Waals surface area (Å²) in [5.74, 6) is 0.729. The second-order valence-electron chi connectivity index (χ2n) is 3.79. The Morgan fingerprint density at radius 2 is 2.12 bits per heavy atom. The van der Waals surface area contributed by atoms with Gasteiger partial charge in [-0.05, 0) is 12.1 Å². The number of hydrogen-bond acceptors (Lipinski definition) is 3. The van der Waals surface area contributed by atoms with Crippen LogP contribution >= 0.6 is 0 Å². The monoisotopic (exact) mass is 230 g/mol. The van der Waals surface area contributed by atoms with E-state index in [0.717, 1.165) is 11.3 Å². The Balaban J connectivity index is 2.18. The molecule has 2 aromatic rings. The van der Waals surface area contributed by atoms with Crippen LogP contribution in [-0.4, -0.2) is 22.7 Å². The Bertz CT molecular complexity index is 532. The molecule has 0 aliphatic heterocycles. The number of carbonyl (C=O) groups excluding carboxylic acids is 1. The Morgan fingerprint density at radius 3 is 2.76 bits per heavy atom. The lowest BCUT2D eigenvalue weighted by atomic mass is 10.1. The van der Waals surface area contributed by atoms with Crippen molar-refractivity contribution in [3.05, 3.63) is 47.8 Å². The third-order valence-electron chi connectivity index (χ3n) is 2.54. The van der Waals surface area contributed by atoms with E-state index in [1.54, 1.807) is 31.1 Å². The van der Waals surface area contributed by atoms with Crippen molar-refractivity contribution in [2.24, 2.45) is 7.05 Å². The first kappa shape index (κ1) is 11.4. The summed E-state index contributed by atoms with van der Waals surface area (Å²) >= 11 is 0. The molecule has 0 N–H and O–H groups in total. The summed E-state index contributed by atoms with van der Waals surface area (Å²) in [6.45, 7) is 0. The lowest BCUT2D eigenvalue weighted by molar-refractivity contribution is 0.0986. The second-order valence-corrected chi connectivity index (χ2v) is 3.79. The van der Waals surface area contributed by atoms with E-state index in [2.05, 4.69) is 5.10 Å². The number of aryl methyl sites for hydroxylation is 1. The highest BCUT2D eigenvalue weighted by Gasteiger charge is 2.12. The fraction of sp³-hybridized carbons (Fsp3) is 0.231. The summed E-state index contributed by atoms with van der Waals surface area (Å²) in [7, 11) is 3.39. The number of ether oxygens (including phenoxy) is 1. The molecule has 0 fully saturated rings. The van der Waals surface area contributed by atoms with Crippen LogP contribution in [0.15, 0.2) is 36.5 Å². The largest absolute Gasteiger partial charge is 0.496 e. The number of benzene rings is 1. The number of hydrogen-bond donors (Lipinski definition) is 0. The minimum atomic E-state index is -0.00454. The Kier molecular flexibility index (Phi) is 3.23. The predicted octanol–water partition coefficient (Wildman–Crippen LogP) is 1.85. The molecule has 4 heteroatoms. The molecular formula is C13H14N2O2. The highest BCUT2D eigenvalue weighted by Crippen LogP contribution is 2.18. The molecule has 0 unspecified atom stereocenters. The maximum Gasteiger partial charge on any atom is 0.187 e. The number of rotatable bonds is 4. The van der Waals surface area contributed by atoms with Crippen molar-refractivity contribution in [3.63, 3.8) is 0 Å². The van der Waals surface area contributed by atoms with E-state index >= 15 is 0 Å². The van der Waals surface area contributed by atoms with E-state index in [9.17, 15) is 4.79 Å². The Hall–Kier alpha value is -2.10. The molecule has 1 heterocycles. The fourth-order valence-corrected chi connectivity index (χ4v) is 1.68. The average molecular weight is 230 g/mol. The van der Waals surface area contributed by atoms with Crippen LogP contribution in [0.3, 0.4) is 0 Å². The summed E-state index contributed by atoms with van der Waals surface area (Å²) in [5, 5.41) is 4.09. The highest BCUT2D eigenvalue weighted by molar-refractivity contribution is 5.95. The van der Waals surface area contributed by atoms with Crippen LogP contribution in [0.4, 0.5) is 0 Å².